The molecule has 1 aliphatic rings. The van der Waals surface area contributed by atoms with Crippen molar-refractivity contribution >= 4 is 40.3 Å². The molecular formula is C30H31NO3S2. The van der Waals surface area contributed by atoms with Gasteiger partial charge in [0.05, 0.1) is 24.7 Å². The van der Waals surface area contributed by atoms with Crippen molar-refractivity contribution in [3.8, 4) is 11.5 Å². The van der Waals surface area contributed by atoms with Crippen LogP contribution in [0.1, 0.15) is 49.3 Å². The highest BCUT2D eigenvalue weighted by Gasteiger charge is 2.31. The number of amides is 1. The van der Waals surface area contributed by atoms with Crippen LogP contribution in [0.4, 0.5) is 0 Å². The summed E-state index contributed by atoms with van der Waals surface area (Å²) in [4.78, 5) is 15.2. The van der Waals surface area contributed by atoms with Gasteiger partial charge < -0.3 is 9.47 Å². The number of benzene rings is 3. The van der Waals surface area contributed by atoms with Gasteiger partial charge in [-0.3, -0.25) is 9.69 Å². The molecule has 3 aromatic carbocycles. The van der Waals surface area contributed by atoms with Crippen LogP contribution in [-0.4, -0.2) is 28.3 Å². The summed E-state index contributed by atoms with van der Waals surface area (Å²) in [5.41, 5.74) is 3.30. The summed E-state index contributed by atoms with van der Waals surface area (Å²) >= 11 is 6.81. The molecule has 0 bridgehead atoms. The maximum atomic E-state index is 12.9. The van der Waals surface area contributed by atoms with E-state index in [0.717, 1.165) is 35.5 Å². The van der Waals surface area contributed by atoms with Crippen molar-refractivity contribution in [2.45, 2.75) is 39.2 Å². The molecule has 0 N–H and O–H groups in total. The normalized spacial score (nSPS) is 15.4. The van der Waals surface area contributed by atoms with Crippen LogP contribution >= 0.6 is 24.0 Å². The van der Waals surface area contributed by atoms with Gasteiger partial charge in [0.15, 0.2) is 0 Å². The van der Waals surface area contributed by atoms with Gasteiger partial charge >= 0.3 is 0 Å². The van der Waals surface area contributed by atoms with E-state index in [4.69, 9.17) is 21.7 Å². The Morgan fingerprint density at radius 2 is 1.67 bits per heavy atom. The zero-order chi connectivity index (χ0) is 25.3. The van der Waals surface area contributed by atoms with Crippen LogP contribution in [-0.2, 0) is 11.3 Å². The first-order chi connectivity index (χ1) is 17.5. The first-order valence-electron chi connectivity index (χ1n) is 12.3. The smallest absolute Gasteiger partial charge is 0.266 e. The molecule has 1 amide bonds. The number of hydrogen-bond donors (Lipinski definition) is 0. The number of carbonyl (C=O) groups excluding carboxylic acids is 1. The third kappa shape index (κ3) is 6.99. The van der Waals surface area contributed by atoms with Crippen LogP contribution in [0.2, 0.25) is 0 Å². The topological polar surface area (TPSA) is 38.8 Å². The van der Waals surface area contributed by atoms with Crippen molar-refractivity contribution in [1.82, 2.24) is 4.90 Å². The fourth-order valence-electron chi connectivity index (χ4n) is 3.82. The second-order valence-corrected chi connectivity index (χ2v) is 10.4. The maximum absolute atomic E-state index is 12.9. The lowest BCUT2D eigenvalue weighted by molar-refractivity contribution is -0.122. The first-order valence-corrected chi connectivity index (χ1v) is 13.5. The largest absolute Gasteiger partial charge is 0.493 e. The van der Waals surface area contributed by atoms with Gasteiger partial charge in [-0.2, -0.15) is 0 Å². The summed E-state index contributed by atoms with van der Waals surface area (Å²) < 4.78 is 12.4. The summed E-state index contributed by atoms with van der Waals surface area (Å²) in [5.74, 6) is 2.15. The minimum Gasteiger partial charge on any atom is -0.493 e. The van der Waals surface area contributed by atoms with E-state index in [0.29, 0.717) is 34.9 Å². The molecule has 0 aliphatic carbocycles. The number of thiocarbonyl (C=S) groups is 1. The molecule has 186 valence electrons. The standard InChI is InChI=1S/C30H31NO3S2/c1-3-22(2)25-13-15-26(16-14-25)33-17-8-18-34-27-12-7-11-24(19-27)20-28-29(32)31(30(35)36-28)21-23-9-5-4-6-10-23/h4-7,9-16,19-20,22H,3,8,17-18,21H2,1-2H3/b28-20-/t22-/m0/s1. The third-order valence-electron chi connectivity index (χ3n) is 6.10. The van der Waals surface area contributed by atoms with Gasteiger partial charge in [0, 0.05) is 6.42 Å². The summed E-state index contributed by atoms with van der Waals surface area (Å²) in [5, 5.41) is 0. The lowest BCUT2D eigenvalue weighted by Crippen LogP contribution is -2.27. The molecule has 0 saturated carbocycles. The van der Waals surface area contributed by atoms with Gasteiger partial charge in [0.2, 0.25) is 0 Å². The SMILES string of the molecule is CC[C@H](C)c1ccc(OCCCOc2cccc(/C=C3\SC(=S)N(Cc4ccccc4)C3=O)c2)cc1. The Labute approximate surface area is 223 Å². The Kier molecular flexibility index (Phi) is 9.20. The molecule has 0 radical (unpaired) electrons. The molecule has 1 fully saturated rings. The van der Waals surface area contributed by atoms with Crippen LogP contribution < -0.4 is 9.47 Å². The minimum absolute atomic E-state index is 0.0606. The number of rotatable bonds is 11. The minimum atomic E-state index is -0.0606. The zero-order valence-electron chi connectivity index (χ0n) is 20.7. The van der Waals surface area contributed by atoms with E-state index >= 15 is 0 Å². The van der Waals surface area contributed by atoms with E-state index in [1.807, 2.05) is 72.8 Å². The average Bonchev–Trinajstić information content (AvgIpc) is 3.16. The second kappa shape index (κ2) is 12.7. The molecule has 1 atom stereocenters. The maximum Gasteiger partial charge on any atom is 0.266 e. The quantitative estimate of drug-likeness (QED) is 0.150. The molecule has 3 aromatic rings. The molecule has 4 nitrogen and oxygen atoms in total. The van der Waals surface area contributed by atoms with Gasteiger partial charge in [0.25, 0.3) is 5.91 Å². The van der Waals surface area contributed by atoms with E-state index in [9.17, 15) is 4.79 Å². The van der Waals surface area contributed by atoms with E-state index < -0.39 is 0 Å². The Hall–Kier alpha value is -3.09. The van der Waals surface area contributed by atoms with Gasteiger partial charge in [0.1, 0.15) is 15.8 Å². The van der Waals surface area contributed by atoms with Crippen molar-refractivity contribution in [2.24, 2.45) is 0 Å². The number of carbonyl (C=O) groups is 1. The van der Waals surface area contributed by atoms with Gasteiger partial charge in [-0.15, -0.1) is 0 Å². The molecule has 6 heteroatoms. The highest BCUT2D eigenvalue weighted by Crippen LogP contribution is 2.34. The van der Waals surface area contributed by atoms with Crippen LogP contribution in [0, 0.1) is 0 Å². The number of nitrogens with zero attached hydrogens (tertiary/aromatic N) is 1. The fraction of sp³-hybridized carbons (Fsp3) is 0.267. The number of hydrogen-bond acceptors (Lipinski definition) is 5. The van der Waals surface area contributed by atoms with Crippen LogP contribution in [0.15, 0.2) is 83.8 Å². The molecule has 1 saturated heterocycles. The van der Waals surface area contributed by atoms with Gasteiger partial charge in [-0.25, -0.2) is 0 Å². The van der Waals surface area contributed by atoms with Crippen molar-refractivity contribution in [3.05, 3.63) is 100 Å². The van der Waals surface area contributed by atoms with Crippen LogP contribution in [0.25, 0.3) is 6.08 Å². The summed E-state index contributed by atoms with van der Waals surface area (Å²) in [6, 6.07) is 26.0. The summed E-state index contributed by atoms with van der Waals surface area (Å²) in [6.45, 7) is 6.05. The molecule has 0 aromatic heterocycles. The Bertz CT molecular complexity index is 1210. The highest BCUT2D eigenvalue weighted by molar-refractivity contribution is 8.26. The van der Waals surface area contributed by atoms with E-state index in [2.05, 4.69) is 26.0 Å². The Balaban J connectivity index is 1.26. The lowest BCUT2D eigenvalue weighted by atomic mass is 9.99. The number of thioether (sulfide) groups is 1. The molecule has 0 spiro atoms. The predicted octanol–water partition coefficient (Wildman–Crippen LogP) is 7.45. The van der Waals surface area contributed by atoms with Crippen molar-refractivity contribution in [3.63, 3.8) is 0 Å². The van der Waals surface area contributed by atoms with Crippen LogP contribution in [0.5, 0.6) is 11.5 Å². The van der Waals surface area contributed by atoms with Gasteiger partial charge in [-0.05, 0) is 59.4 Å². The third-order valence-corrected chi connectivity index (χ3v) is 7.48. The average molecular weight is 518 g/mol. The summed E-state index contributed by atoms with van der Waals surface area (Å²) in [6.07, 6.45) is 3.78. The second-order valence-electron chi connectivity index (χ2n) is 8.75. The van der Waals surface area contributed by atoms with Crippen molar-refractivity contribution < 1.29 is 14.3 Å². The summed E-state index contributed by atoms with van der Waals surface area (Å²) in [7, 11) is 0. The lowest BCUT2D eigenvalue weighted by Gasteiger charge is -2.14. The highest BCUT2D eigenvalue weighted by atomic mass is 32.2. The van der Waals surface area contributed by atoms with E-state index in [-0.39, 0.29) is 5.91 Å². The molecule has 1 heterocycles. The number of ether oxygens (including phenoxy) is 2. The monoisotopic (exact) mass is 517 g/mol. The fourth-order valence-corrected chi connectivity index (χ4v) is 5.07. The molecule has 1 aliphatic heterocycles. The van der Waals surface area contributed by atoms with Crippen LogP contribution in [0.3, 0.4) is 0 Å². The predicted molar refractivity (Wildman–Crippen MR) is 152 cm³/mol. The molecule has 0 unspecified atom stereocenters. The molecule has 36 heavy (non-hydrogen) atoms. The van der Waals surface area contributed by atoms with E-state index in [1.54, 1.807) is 4.90 Å². The molecule has 4 rings (SSSR count). The first kappa shape index (κ1) is 26.0. The van der Waals surface area contributed by atoms with E-state index in [1.165, 1.54) is 17.3 Å². The Morgan fingerprint density at radius 1 is 0.944 bits per heavy atom. The molecular weight excluding hydrogens is 486 g/mol. The zero-order valence-corrected chi connectivity index (χ0v) is 22.3. The van der Waals surface area contributed by atoms with Gasteiger partial charge in [-0.1, -0.05) is 92.4 Å². The van der Waals surface area contributed by atoms with Crippen molar-refractivity contribution in [1.29, 1.82) is 0 Å². The Morgan fingerprint density at radius 3 is 2.39 bits per heavy atom. The van der Waals surface area contributed by atoms with Crippen molar-refractivity contribution in [2.75, 3.05) is 13.2 Å².